The Labute approximate surface area is 170 Å². The summed E-state index contributed by atoms with van der Waals surface area (Å²) in [5.74, 6) is -1.76. The Bertz CT molecular complexity index is 1110. The second kappa shape index (κ2) is 7.40. The number of aromatic hydroxyl groups is 1. The lowest BCUT2D eigenvalue weighted by Crippen LogP contribution is -2.29. The molecule has 7 nitrogen and oxygen atoms in total. The van der Waals surface area contributed by atoms with Crippen molar-refractivity contribution in [2.45, 2.75) is 6.04 Å². The molecule has 3 aromatic rings. The number of benzene rings is 2. The zero-order chi connectivity index (χ0) is 20.5. The fourth-order valence-electron chi connectivity index (χ4n) is 3.30. The lowest BCUT2D eigenvalue weighted by Gasteiger charge is -2.23. The number of hydrogen-bond acceptors (Lipinski definition) is 7. The third-order valence-corrected chi connectivity index (χ3v) is 5.41. The second-order valence-electron chi connectivity index (χ2n) is 6.28. The average molecular weight is 408 g/mol. The fourth-order valence-corrected chi connectivity index (χ4v) is 3.96. The number of phenols is 1. The minimum atomic E-state index is -0.921. The highest BCUT2D eigenvalue weighted by atomic mass is 32.1. The SMILES string of the molecule is COc1cc([C@@H]2C(=C(O)c3ccccc3)C(=O)C(=O)N2c2nccs2)ccc1O. The summed E-state index contributed by atoms with van der Waals surface area (Å²) in [6.45, 7) is 0. The summed E-state index contributed by atoms with van der Waals surface area (Å²) in [6.07, 6.45) is 1.53. The number of rotatable bonds is 4. The van der Waals surface area contributed by atoms with Crippen molar-refractivity contribution in [2.75, 3.05) is 12.0 Å². The fraction of sp³-hybridized carbons (Fsp3) is 0.0952. The number of aliphatic hydroxyl groups excluding tert-OH is 1. The number of ketones is 1. The summed E-state index contributed by atoms with van der Waals surface area (Å²) in [4.78, 5) is 31.2. The molecule has 2 aromatic carbocycles. The van der Waals surface area contributed by atoms with Gasteiger partial charge in [0.1, 0.15) is 5.76 Å². The molecule has 0 bridgehead atoms. The number of carbonyl (C=O) groups excluding carboxylic acids is 2. The van der Waals surface area contributed by atoms with Gasteiger partial charge < -0.3 is 14.9 Å². The summed E-state index contributed by atoms with van der Waals surface area (Å²) in [6, 6.07) is 12.1. The Kier molecular flexibility index (Phi) is 4.77. The van der Waals surface area contributed by atoms with Crippen molar-refractivity contribution in [1.29, 1.82) is 0 Å². The Morgan fingerprint density at radius 1 is 1.17 bits per heavy atom. The van der Waals surface area contributed by atoms with Crippen LogP contribution in [0.4, 0.5) is 5.13 Å². The molecule has 1 aromatic heterocycles. The minimum absolute atomic E-state index is 0.0517. The van der Waals surface area contributed by atoms with Crippen molar-refractivity contribution in [3.8, 4) is 11.5 Å². The molecule has 0 spiro atoms. The van der Waals surface area contributed by atoms with Crippen LogP contribution in [0.1, 0.15) is 17.2 Å². The molecule has 146 valence electrons. The van der Waals surface area contributed by atoms with E-state index in [0.29, 0.717) is 16.3 Å². The molecule has 1 aliphatic heterocycles. The molecule has 0 saturated carbocycles. The van der Waals surface area contributed by atoms with E-state index >= 15 is 0 Å². The number of hydrogen-bond donors (Lipinski definition) is 2. The average Bonchev–Trinajstić information content (AvgIpc) is 3.36. The van der Waals surface area contributed by atoms with Gasteiger partial charge in [-0.15, -0.1) is 11.3 Å². The molecule has 0 aliphatic carbocycles. The molecule has 1 aliphatic rings. The molecule has 2 heterocycles. The van der Waals surface area contributed by atoms with E-state index in [4.69, 9.17) is 4.74 Å². The van der Waals surface area contributed by atoms with Crippen LogP contribution < -0.4 is 9.64 Å². The first-order valence-electron chi connectivity index (χ1n) is 8.65. The maximum atomic E-state index is 12.9. The number of amides is 1. The first kappa shape index (κ1) is 18.7. The Hall–Kier alpha value is -3.65. The summed E-state index contributed by atoms with van der Waals surface area (Å²) in [5, 5.41) is 22.9. The van der Waals surface area contributed by atoms with E-state index < -0.39 is 17.7 Å². The lowest BCUT2D eigenvalue weighted by atomic mass is 9.95. The first-order chi connectivity index (χ1) is 14.0. The zero-order valence-electron chi connectivity index (χ0n) is 15.3. The van der Waals surface area contributed by atoms with Gasteiger partial charge in [0.25, 0.3) is 5.78 Å². The van der Waals surface area contributed by atoms with Crippen molar-refractivity contribution in [3.05, 3.63) is 76.8 Å². The van der Waals surface area contributed by atoms with Crippen molar-refractivity contribution in [3.63, 3.8) is 0 Å². The molecule has 29 heavy (non-hydrogen) atoms. The van der Waals surface area contributed by atoms with E-state index in [1.165, 1.54) is 41.7 Å². The van der Waals surface area contributed by atoms with Crippen molar-refractivity contribution >= 4 is 33.9 Å². The summed E-state index contributed by atoms with van der Waals surface area (Å²) in [7, 11) is 1.40. The number of anilines is 1. The van der Waals surface area contributed by atoms with Gasteiger partial charge in [-0.2, -0.15) is 0 Å². The van der Waals surface area contributed by atoms with Crippen molar-refractivity contribution < 1.29 is 24.5 Å². The maximum Gasteiger partial charge on any atom is 0.301 e. The van der Waals surface area contributed by atoms with E-state index in [1.54, 1.807) is 41.8 Å². The van der Waals surface area contributed by atoms with Gasteiger partial charge in [0.15, 0.2) is 16.6 Å². The van der Waals surface area contributed by atoms with E-state index in [9.17, 15) is 19.8 Å². The summed E-state index contributed by atoms with van der Waals surface area (Å²) >= 11 is 1.20. The lowest BCUT2D eigenvalue weighted by molar-refractivity contribution is -0.132. The van der Waals surface area contributed by atoms with Crippen molar-refractivity contribution in [1.82, 2.24) is 4.98 Å². The molecule has 0 radical (unpaired) electrons. The number of phenolic OH excluding ortho intramolecular Hbond substituents is 1. The van der Waals surface area contributed by atoms with Crippen LogP contribution in [0.3, 0.4) is 0 Å². The quantitative estimate of drug-likeness (QED) is 0.389. The van der Waals surface area contributed by atoms with Crippen LogP contribution in [-0.2, 0) is 9.59 Å². The number of carbonyl (C=O) groups is 2. The number of Topliss-reactive ketones (excluding diaryl/α,β-unsaturated/α-hetero) is 1. The highest BCUT2D eigenvalue weighted by molar-refractivity contribution is 7.14. The topological polar surface area (TPSA) is 100.0 Å². The Balaban J connectivity index is 1.96. The van der Waals surface area contributed by atoms with E-state index in [0.717, 1.165) is 0 Å². The highest BCUT2D eigenvalue weighted by Crippen LogP contribution is 2.44. The molecule has 1 amide bonds. The van der Waals surface area contributed by atoms with Crippen LogP contribution >= 0.6 is 11.3 Å². The monoisotopic (exact) mass is 408 g/mol. The highest BCUT2D eigenvalue weighted by Gasteiger charge is 2.48. The molecule has 1 atom stereocenters. The smallest absolute Gasteiger partial charge is 0.301 e. The predicted molar refractivity (Wildman–Crippen MR) is 108 cm³/mol. The predicted octanol–water partition coefficient (Wildman–Crippen LogP) is 3.48. The molecular formula is C21H16N2O5S. The normalized spacial score (nSPS) is 18.2. The number of nitrogens with zero attached hydrogens (tertiary/aromatic N) is 2. The van der Waals surface area contributed by atoms with E-state index in [1.807, 2.05) is 0 Å². The first-order valence-corrected chi connectivity index (χ1v) is 9.53. The van der Waals surface area contributed by atoms with Gasteiger partial charge in [0.2, 0.25) is 0 Å². The summed E-state index contributed by atoms with van der Waals surface area (Å²) < 4.78 is 5.18. The van der Waals surface area contributed by atoms with Gasteiger partial charge in [0, 0.05) is 17.1 Å². The van der Waals surface area contributed by atoms with Crippen LogP contribution in [0, 0.1) is 0 Å². The standard InChI is InChI=1S/C21H16N2O5S/c1-28-15-11-13(7-8-14(15)24)17-16(18(25)12-5-3-2-4-6-12)19(26)20(27)23(17)21-22-9-10-29-21/h2-11,17,24-25H,1H3/t17-/m1/s1. The molecule has 1 saturated heterocycles. The molecular weight excluding hydrogens is 392 g/mol. The van der Waals surface area contributed by atoms with Gasteiger partial charge in [-0.1, -0.05) is 36.4 Å². The molecule has 0 unspecified atom stereocenters. The molecule has 4 rings (SSSR count). The van der Waals surface area contributed by atoms with Gasteiger partial charge in [-0.05, 0) is 17.7 Å². The number of ether oxygens (including phenoxy) is 1. The minimum Gasteiger partial charge on any atom is -0.507 e. The molecule has 1 fully saturated rings. The third-order valence-electron chi connectivity index (χ3n) is 4.64. The van der Waals surface area contributed by atoms with Crippen LogP contribution in [0.2, 0.25) is 0 Å². The summed E-state index contributed by atoms with van der Waals surface area (Å²) in [5.41, 5.74) is 0.857. The van der Waals surface area contributed by atoms with E-state index in [-0.39, 0.29) is 22.8 Å². The number of methoxy groups -OCH3 is 1. The van der Waals surface area contributed by atoms with Crippen LogP contribution in [0.15, 0.2) is 65.7 Å². The van der Waals surface area contributed by atoms with Crippen LogP contribution in [0.5, 0.6) is 11.5 Å². The third kappa shape index (κ3) is 3.13. The van der Waals surface area contributed by atoms with Crippen LogP contribution in [0.25, 0.3) is 5.76 Å². The Morgan fingerprint density at radius 3 is 2.59 bits per heavy atom. The van der Waals surface area contributed by atoms with Crippen molar-refractivity contribution in [2.24, 2.45) is 0 Å². The zero-order valence-corrected chi connectivity index (χ0v) is 16.1. The largest absolute Gasteiger partial charge is 0.507 e. The van der Waals surface area contributed by atoms with Crippen LogP contribution in [-0.4, -0.2) is 34.0 Å². The van der Waals surface area contributed by atoms with Gasteiger partial charge >= 0.3 is 5.91 Å². The van der Waals surface area contributed by atoms with Gasteiger partial charge in [-0.3, -0.25) is 14.5 Å². The maximum absolute atomic E-state index is 12.9. The second-order valence-corrected chi connectivity index (χ2v) is 7.15. The molecule has 2 N–H and O–H groups in total. The van der Waals surface area contributed by atoms with Gasteiger partial charge in [-0.25, -0.2) is 4.98 Å². The molecule has 8 heteroatoms. The van der Waals surface area contributed by atoms with Gasteiger partial charge in [0.05, 0.1) is 18.7 Å². The number of aromatic nitrogens is 1. The number of thiazole rings is 1. The number of aliphatic hydroxyl groups is 1. The van der Waals surface area contributed by atoms with E-state index in [2.05, 4.69) is 4.98 Å². The Morgan fingerprint density at radius 2 is 1.93 bits per heavy atom.